The Hall–Kier alpha value is -2.50. The summed E-state index contributed by atoms with van der Waals surface area (Å²) in [4.78, 5) is 8.21. The van der Waals surface area contributed by atoms with Gasteiger partial charge in [-0.15, -0.1) is 0 Å². The lowest BCUT2D eigenvalue weighted by molar-refractivity contribution is 0.395. The van der Waals surface area contributed by atoms with Crippen molar-refractivity contribution in [3.05, 3.63) is 30.6 Å². The minimum Gasteiger partial charge on any atom is -0.497 e. The second kappa shape index (κ2) is 5.90. The molecule has 1 aromatic heterocycles. The molecule has 0 saturated carbocycles. The average Bonchev–Trinajstić information content (AvgIpc) is 2.47. The zero-order valence-corrected chi connectivity index (χ0v) is 11.1. The molecule has 0 unspecified atom stereocenters. The molecule has 0 saturated heterocycles. The Labute approximate surface area is 111 Å². The lowest BCUT2D eigenvalue weighted by Gasteiger charge is -2.10. The highest BCUT2D eigenvalue weighted by Gasteiger charge is 2.03. The maximum atomic E-state index is 5.21. The Bertz CT molecular complexity index is 538. The SMILES string of the molecule is CNc1cc(Nc2cc(OC)cc(OC)c2)ncn1. The van der Waals surface area contributed by atoms with Crippen LogP contribution in [0.5, 0.6) is 11.5 Å². The minimum atomic E-state index is 0.689. The number of nitrogens with one attached hydrogen (secondary N) is 2. The molecule has 2 N–H and O–H groups in total. The van der Waals surface area contributed by atoms with Crippen LogP contribution in [-0.4, -0.2) is 31.2 Å². The predicted octanol–water partition coefficient (Wildman–Crippen LogP) is 2.28. The zero-order valence-electron chi connectivity index (χ0n) is 11.1. The number of rotatable bonds is 5. The molecular formula is C13H16N4O2. The van der Waals surface area contributed by atoms with Crippen molar-refractivity contribution in [1.29, 1.82) is 0 Å². The van der Waals surface area contributed by atoms with Gasteiger partial charge in [0, 0.05) is 37.0 Å². The monoisotopic (exact) mass is 260 g/mol. The van der Waals surface area contributed by atoms with Gasteiger partial charge in [0.05, 0.1) is 14.2 Å². The number of methoxy groups -OCH3 is 2. The molecule has 0 aliphatic rings. The summed E-state index contributed by atoms with van der Waals surface area (Å²) < 4.78 is 10.4. The molecule has 0 fully saturated rings. The Morgan fingerprint density at radius 1 is 0.895 bits per heavy atom. The molecule has 6 heteroatoms. The summed E-state index contributed by atoms with van der Waals surface area (Å²) in [5.74, 6) is 2.86. The highest BCUT2D eigenvalue weighted by atomic mass is 16.5. The van der Waals surface area contributed by atoms with Gasteiger partial charge >= 0.3 is 0 Å². The van der Waals surface area contributed by atoms with Crippen LogP contribution in [0.15, 0.2) is 30.6 Å². The van der Waals surface area contributed by atoms with Gasteiger partial charge in [-0.05, 0) is 0 Å². The van der Waals surface area contributed by atoms with Gasteiger partial charge in [0.15, 0.2) is 0 Å². The maximum Gasteiger partial charge on any atom is 0.135 e. The van der Waals surface area contributed by atoms with Gasteiger partial charge in [-0.1, -0.05) is 0 Å². The van der Waals surface area contributed by atoms with E-state index in [2.05, 4.69) is 20.6 Å². The highest BCUT2D eigenvalue weighted by Crippen LogP contribution is 2.27. The molecule has 1 heterocycles. The Morgan fingerprint density at radius 3 is 2.11 bits per heavy atom. The van der Waals surface area contributed by atoms with Gasteiger partial charge in [-0.25, -0.2) is 9.97 Å². The van der Waals surface area contributed by atoms with Gasteiger partial charge in [0.25, 0.3) is 0 Å². The normalized spacial score (nSPS) is 9.84. The van der Waals surface area contributed by atoms with Crippen LogP contribution in [0.25, 0.3) is 0 Å². The molecule has 0 aliphatic carbocycles. The third-order valence-electron chi connectivity index (χ3n) is 2.55. The summed E-state index contributed by atoms with van der Waals surface area (Å²) in [5.41, 5.74) is 0.831. The van der Waals surface area contributed by atoms with Crippen molar-refractivity contribution in [2.24, 2.45) is 0 Å². The first-order chi connectivity index (χ1) is 9.25. The lowest BCUT2D eigenvalue weighted by Crippen LogP contribution is -1.98. The number of nitrogens with zero attached hydrogens (tertiary/aromatic N) is 2. The van der Waals surface area contributed by atoms with Gasteiger partial charge in [-0.3, -0.25) is 0 Å². The van der Waals surface area contributed by atoms with Gasteiger partial charge in [0.1, 0.15) is 29.5 Å². The van der Waals surface area contributed by atoms with Crippen LogP contribution in [0.2, 0.25) is 0 Å². The number of benzene rings is 1. The molecule has 6 nitrogen and oxygen atoms in total. The molecule has 0 aliphatic heterocycles. The molecule has 0 bridgehead atoms. The number of ether oxygens (including phenoxy) is 2. The average molecular weight is 260 g/mol. The third kappa shape index (κ3) is 3.25. The van der Waals surface area contributed by atoms with Gasteiger partial charge in [0.2, 0.25) is 0 Å². The molecule has 0 radical (unpaired) electrons. The topological polar surface area (TPSA) is 68.3 Å². The summed E-state index contributed by atoms with van der Waals surface area (Å²) in [7, 11) is 5.03. The minimum absolute atomic E-state index is 0.689. The molecular weight excluding hydrogens is 244 g/mol. The molecule has 2 rings (SSSR count). The molecule has 2 aromatic rings. The summed E-state index contributed by atoms with van der Waals surface area (Å²) in [5, 5.41) is 6.13. The van der Waals surface area contributed by atoms with E-state index < -0.39 is 0 Å². The van der Waals surface area contributed by atoms with Crippen LogP contribution in [0, 0.1) is 0 Å². The standard InChI is InChI=1S/C13H16N4O2/c1-14-12-7-13(16-8-15-12)17-9-4-10(18-2)6-11(5-9)19-3/h4-8H,1-3H3,(H2,14,15,16,17). The zero-order chi connectivity index (χ0) is 13.7. The molecule has 100 valence electrons. The number of anilines is 3. The smallest absolute Gasteiger partial charge is 0.135 e. The van der Waals surface area contributed by atoms with Crippen molar-refractivity contribution in [3.8, 4) is 11.5 Å². The number of hydrogen-bond donors (Lipinski definition) is 2. The van der Waals surface area contributed by atoms with Crippen molar-refractivity contribution in [3.63, 3.8) is 0 Å². The Balaban J connectivity index is 2.26. The van der Waals surface area contributed by atoms with Crippen molar-refractivity contribution in [2.45, 2.75) is 0 Å². The third-order valence-corrected chi connectivity index (χ3v) is 2.55. The highest BCUT2D eigenvalue weighted by molar-refractivity contribution is 5.62. The van der Waals surface area contributed by atoms with Crippen LogP contribution in [-0.2, 0) is 0 Å². The first kappa shape index (κ1) is 12.9. The van der Waals surface area contributed by atoms with E-state index in [0.717, 1.165) is 11.5 Å². The first-order valence-corrected chi connectivity index (χ1v) is 5.75. The summed E-state index contributed by atoms with van der Waals surface area (Å²) in [6.45, 7) is 0. The molecule has 0 spiro atoms. The van der Waals surface area contributed by atoms with Gasteiger partial charge < -0.3 is 20.1 Å². The van der Waals surface area contributed by atoms with Crippen LogP contribution in [0.1, 0.15) is 0 Å². The molecule has 1 aromatic carbocycles. The Morgan fingerprint density at radius 2 is 1.53 bits per heavy atom. The van der Waals surface area contributed by atoms with E-state index in [1.54, 1.807) is 21.3 Å². The lowest BCUT2D eigenvalue weighted by atomic mass is 10.2. The largest absolute Gasteiger partial charge is 0.497 e. The quantitative estimate of drug-likeness (QED) is 0.859. The van der Waals surface area contributed by atoms with Crippen molar-refractivity contribution in [2.75, 3.05) is 31.9 Å². The number of aromatic nitrogens is 2. The van der Waals surface area contributed by atoms with Crippen molar-refractivity contribution < 1.29 is 9.47 Å². The van der Waals surface area contributed by atoms with Crippen LogP contribution < -0.4 is 20.1 Å². The van der Waals surface area contributed by atoms with Crippen molar-refractivity contribution in [1.82, 2.24) is 9.97 Å². The van der Waals surface area contributed by atoms with E-state index in [1.165, 1.54) is 6.33 Å². The maximum absolute atomic E-state index is 5.21. The summed E-state index contributed by atoms with van der Waals surface area (Å²) >= 11 is 0. The fourth-order valence-corrected chi connectivity index (χ4v) is 1.59. The molecule has 0 amide bonds. The van der Waals surface area contributed by atoms with E-state index in [1.807, 2.05) is 24.3 Å². The van der Waals surface area contributed by atoms with E-state index in [-0.39, 0.29) is 0 Å². The van der Waals surface area contributed by atoms with E-state index >= 15 is 0 Å². The second-order valence-corrected chi connectivity index (χ2v) is 3.76. The fraction of sp³-hybridized carbons (Fsp3) is 0.231. The molecule has 19 heavy (non-hydrogen) atoms. The number of hydrogen-bond acceptors (Lipinski definition) is 6. The van der Waals surface area contributed by atoms with Crippen LogP contribution in [0.4, 0.5) is 17.3 Å². The summed E-state index contributed by atoms with van der Waals surface area (Å²) in [6.07, 6.45) is 1.49. The van der Waals surface area contributed by atoms with E-state index in [4.69, 9.17) is 9.47 Å². The summed E-state index contributed by atoms with van der Waals surface area (Å²) in [6, 6.07) is 7.35. The van der Waals surface area contributed by atoms with Crippen LogP contribution >= 0.6 is 0 Å². The Kier molecular flexibility index (Phi) is 4.02. The second-order valence-electron chi connectivity index (χ2n) is 3.76. The van der Waals surface area contributed by atoms with Gasteiger partial charge in [-0.2, -0.15) is 0 Å². The predicted molar refractivity (Wildman–Crippen MR) is 74.4 cm³/mol. The van der Waals surface area contributed by atoms with E-state index in [0.29, 0.717) is 17.3 Å². The fourth-order valence-electron chi connectivity index (χ4n) is 1.59. The van der Waals surface area contributed by atoms with Crippen molar-refractivity contribution >= 4 is 17.3 Å². The van der Waals surface area contributed by atoms with E-state index in [9.17, 15) is 0 Å². The first-order valence-electron chi connectivity index (χ1n) is 5.75. The molecule has 0 atom stereocenters. The van der Waals surface area contributed by atoms with Crippen LogP contribution in [0.3, 0.4) is 0 Å².